The van der Waals surface area contributed by atoms with Gasteiger partial charge in [0.25, 0.3) is 11.5 Å². The number of hydrogen-bond donors (Lipinski definition) is 2. The fourth-order valence-electron chi connectivity index (χ4n) is 3.76. The van der Waals surface area contributed by atoms with Crippen molar-refractivity contribution in [1.82, 2.24) is 19.3 Å². The van der Waals surface area contributed by atoms with Crippen LogP contribution in [-0.2, 0) is 17.8 Å². The summed E-state index contributed by atoms with van der Waals surface area (Å²) in [7, 11) is 2.91. The Morgan fingerprint density at radius 2 is 1.72 bits per heavy atom. The zero-order valence-corrected chi connectivity index (χ0v) is 19.9. The third kappa shape index (κ3) is 4.91. The van der Waals surface area contributed by atoms with Crippen LogP contribution in [-0.4, -0.2) is 46.1 Å². The zero-order chi connectivity index (χ0) is 25.7. The molecule has 0 aliphatic rings. The van der Waals surface area contributed by atoms with Gasteiger partial charge in [0, 0.05) is 7.11 Å². The summed E-state index contributed by atoms with van der Waals surface area (Å²) in [6.07, 6.45) is 1.58. The Morgan fingerprint density at radius 1 is 1.06 bits per heavy atom. The quantitative estimate of drug-likeness (QED) is 0.365. The van der Waals surface area contributed by atoms with Crippen LogP contribution in [0.1, 0.15) is 16.1 Å². The summed E-state index contributed by atoms with van der Waals surface area (Å²) in [4.78, 5) is 42.8. The Labute approximate surface area is 206 Å². The monoisotopic (exact) mass is 490 g/mol. The Kier molecular flexibility index (Phi) is 7.31. The summed E-state index contributed by atoms with van der Waals surface area (Å²) < 4.78 is 13.2. The van der Waals surface area contributed by atoms with E-state index in [1.807, 2.05) is 60.7 Å². The number of para-hydroxylation sites is 1. The molecule has 0 unspecified atom stereocenters. The van der Waals surface area contributed by atoms with Crippen molar-refractivity contribution in [3.8, 4) is 11.4 Å². The minimum absolute atomic E-state index is 0.00319. The highest BCUT2D eigenvalue weighted by molar-refractivity contribution is 6.07. The van der Waals surface area contributed by atoms with E-state index in [-0.39, 0.29) is 42.6 Å². The van der Waals surface area contributed by atoms with Crippen LogP contribution in [0.15, 0.2) is 76.4 Å². The molecule has 4 rings (SSSR count). The van der Waals surface area contributed by atoms with Crippen molar-refractivity contribution < 1.29 is 14.3 Å². The smallest absolute Gasteiger partial charge is 0.330 e. The molecule has 0 saturated carbocycles. The molecule has 186 valence electrons. The van der Waals surface area contributed by atoms with Gasteiger partial charge in [0.1, 0.15) is 5.82 Å². The molecule has 0 aliphatic carbocycles. The van der Waals surface area contributed by atoms with Gasteiger partial charge in [0.05, 0.1) is 38.7 Å². The van der Waals surface area contributed by atoms with Gasteiger partial charge in [-0.3, -0.25) is 24.0 Å². The van der Waals surface area contributed by atoms with Crippen LogP contribution in [0.2, 0.25) is 0 Å². The predicted molar refractivity (Wildman–Crippen MR) is 135 cm³/mol. The molecular weight excluding hydrogens is 464 g/mol. The number of methoxy groups -OCH3 is 2. The molecule has 0 aliphatic heterocycles. The van der Waals surface area contributed by atoms with E-state index < -0.39 is 17.2 Å². The molecule has 11 nitrogen and oxygen atoms in total. The van der Waals surface area contributed by atoms with Crippen molar-refractivity contribution in [2.45, 2.75) is 13.1 Å². The maximum Gasteiger partial charge on any atom is 0.330 e. The summed E-state index contributed by atoms with van der Waals surface area (Å²) in [6.45, 7) is 0.262. The number of rotatable bonds is 9. The van der Waals surface area contributed by atoms with E-state index in [1.165, 1.54) is 23.8 Å². The van der Waals surface area contributed by atoms with Crippen LogP contribution >= 0.6 is 0 Å². The molecule has 0 radical (unpaired) electrons. The van der Waals surface area contributed by atoms with Crippen molar-refractivity contribution in [3.05, 3.63) is 99.0 Å². The number of hydrogen-bond acceptors (Lipinski definition) is 7. The number of anilines is 2. The van der Waals surface area contributed by atoms with Gasteiger partial charge in [-0.05, 0) is 17.7 Å². The van der Waals surface area contributed by atoms with E-state index >= 15 is 0 Å². The second-order valence-electron chi connectivity index (χ2n) is 7.84. The lowest BCUT2D eigenvalue weighted by atomic mass is 10.2. The number of nitrogens with two attached hydrogens (primary N) is 1. The first kappa shape index (κ1) is 24.5. The van der Waals surface area contributed by atoms with Gasteiger partial charge >= 0.3 is 5.69 Å². The molecule has 0 saturated heterocycles. The molecule has 2 heterocycles. The highest BCUT2D eigenvalue weighted by atomic mass is 16.5. The number of nitrogens with one attached hydrogen (secondary N) is 1. The van der Waals surface area contributed by atoms with Crippen LogP contribution in [0, 0.1) is 0 Å². The molecule has 0 bridgehead atoms. The van der Waals surface area contributed by atoms with Gasteiger partial charge in [-0.2, -0.15) is 5.10 Å². The minimum Gasteiger partial charge on any atom is -0.493 e. The Hall–Kier alpha value is -4.64. The van der Waals surface area contributed by atoms with Gasteiger partial charge in [-0.25, -0.2) is 9.48 Å². The number of nitrogen functional groups attached to an aromatic ring is 1. The minimum atomic E-state index is -0.795. The molecule has 2 aromatic heterocycles. The van der Waals surface area contributed by atoms with Crippen LogP contribution in [0.4, 0.5) is 11.5 Å². The van der Waals surface area contributed by atoms with E-state index in [0.29, 0.717) is 0 Å². The van der Waals surface area contributed by atoms with Crippen molar-refractivity contribution >= 4 is 17.4 Å². The average molecular weight is 491 g/mol. The van der Waals surface area contributed by atoms with Crippen molar-refractivity contribution in [2.75, 3.05) is 31.5 Å². The second-order valence-corrected chi connectivity index (χ2v) is 7.84. The molecule has 0 fully saturated rings. The fraction of sp³-hybridized carbons (Fsp3) is 0.200. The Bertz CT molecular complexity index is 1460. The Morgan fingerprint density at radius 3 is 2.36 bits per heavy atom. The summed E-state index contributed by atoms with van der Waals surface area (Å²) in [5.41, 5.74) is 6.07. The maximum absolute atomic E-state index is 13.9. The van der Waals surface area contributed by atoms with Crippen LogP contribution in [0.25, 0.3) is 5.69 Å². The molecule has 3 N–H and O–H groups in total. The number of benzene rings is 2. The molecular formula is C25H26N6O5. The number of H-pyrrole nitrogens is 1. The Balaban J connectivity index is 1.86. The predicted octanol–water partition coefficient (Wildman–Crippen LogP) is 1.81. The highest BCUT2D eigenvalue weighted by Crippen LogP contribution is 2.26. The van der Waals surface area contributed by atoms with Gasteiger partial charge < -0.3 is 15.2 Å². The third-order valence-electron chi connectivity index (χ3n) is 5.56. The van der Waals surface area contributed by atoms with Gasteiger partial charge in [0.15, 0.2) is 17.1 Å². The first-order valence-corrected chi connectivity index (χ1v) is 11.1. The van der Waals surface area contributed by atoms with Crippen LogP contribution in [0.3, 0.4) is 0 Å². The van der Waals surface area contributed by atoms with Crippen LogP contribution < -0.4 is 26.6 Å². The van der Waals surface area contributed by atoms with Gasteiger partial charge in [0.2, 0.25) is 0 Å². The van der Waals surface area contributed by atoms with E-state index in [4.69, 9.17) is 15.2 Å². The topological polar surface area (TPSA) is 137 Å². The number of carbonyl (C=O) groups is 1. The fourth-order valence-corrected chi connectivity index (χ4v) is 3.76. The number of ether oxygens (including phenoxy) is 2. The SMILES string of the molecule is COCCn1c(N)c(N(Cc2ccccc2)C(=O)c2nn(-c3ccccc3)cc2OC)c(=O)[nH]c1=O. The van der Waals surface area contributed by atoms with E-state index in [1.54, 1.807) is 6.20 Å². The first-order chi connectivity index (χ1) is 17.4. The normalized spacial score (nSPS) is 10.8. The highest BCUT2D eigenvalue weighted by Gasteiger charge is 2.30. The average Bonchev–Trinajstić information content (AvgIpc) is 3.33. The molecule has 36 heavy (non-hydrogen) atoms. The van der Waals surface area contributed by atoms with E-state index in [0.717, 1.165) is 15.8 Å². The van der Waals surface area contributed by atoms with Crippen molar-refractivity contribution in [1.29, 1.82) is 0 Å². The molecule has 1 amide bonds. The summed E-state index contributed by atoms with van der Waals surface area (Å²) in [6, 6.07) is 18.3. The number of aromatic nitrogens is 4. The third-order valence-corrected chi connectivity index (χ3v) is 5.56. The lowest BCUT2D eigenvalue weighted by Crippen LogP contribution is -2.41. The largest absolute Gasteiger partial charge is 0.493 e. The molecule has 0 spiro atoms. The maximum atomic E-state index is 13.9. The summed E-state index contributed by atoms with van der Waals surface area (Å²) in [5.74, 6) is -0.573. The summed E-state index contributed by atoms with van der Waals surface area (Å²) in [5, 5.41) is 4.45. The van der Waals surface area contributed by atoms with E-state index in [9.17, 15) is 14.4 Å². The zero-order valence-electron chi connectivity index (χ0n) is 19.9. The number of amides is 1. The van der Waals surface area contributed by atoms with Gasteiger partial charge in [-0.15, -0.1) is 0 Å². The van der Waals surface area contributed by atoms with Crippen LogP contribution in [0.5, 0.6) is 5.75 Å². The molecule has 11 heteroatoms. The molecule has 4 aromatic rings. The van der Waals surface area contributed by atoms with Crippen molar-refractivity contribution in [2.24, 2.45) is 0 Å². The lowest BCUT2D eigenvalue weighted by molar-refractivity contribution is 0.0976. The lowest BCUT2D eigenvalue weighted by Gasteiger charge is -2.24. The number of aromatic amines is 1. The standard InChI is InChI=1S/C25H26N6O5/c1-35-14-13-29-22(26)21(23(32)27-25(29)34)30(15-17-9-5-3-6-10-17)24(33)20-19(36-2)16-31(28-20)18-11-7-4-8-12-18/h3-12,16H,13-15,26H2,1-2H3,(H,27,32,34). The first-order valence-electron chi connectivity index (χ1n) is 11.1. The molecule has 0 atom stereocenters. The number of nitrogens with zero attached hydrogens (tertiary/aromatic N) is 4. The van der Waals surface area contributed by atoms with Crippen molar-refractivity contribution in [3.63, 3.8) is 0 Å². The second kappa shape index (κ2) is 10.7. The summed E-state index contributed by atoms with van der Waals surface area (Å²) >= 11 is 0. The molecule has 2 aromatic carbocycles. The van der Waals surface area contributed by atoms with Gasteiger partial charge in [-0.1, -0.05) is 48.5 Å². The number of carbonyl (C=O) groups excluding carboxylic acids is 1. The van der Waals surface area contributed by atoms with E-state index in [2.05, 4.69) is 10.1 Å².